The molecule has 4 aromatic rings. The molecule has 0 aromatic carbocycles. The van der Waals surface area contributed by atoms with Crippen LogP contribution in [0.2, 0.25) is 0 Å². The first kappa shape index (κ1) is 15.6. The van der Waals surface area contributed by atoms with Crippen molar-refractivity contribution in [2.24, 2.45) is 10.2 Å². The summed E-state index contributed by atoms with van der Waals surface area (Å²) in [5.74, 6) is 1.29. The van der Waals surface area contributed by atoms with E-state index in [1.807, 2.05) is 13.8 Å². The predicted octanol–water partition coefficient (Wildman–Crippen LogP) is 2.92. The molecule has 4 rings (SSSR count). The van der Waals surface area contributed by atoms with Gasteiger partial charge < -0.3 is 0 Å². The summed E-state index contributed by atoms with van der Waals surface area (Å²) in [5.41, 5.74) is 2.70. The second-order valence-electron chi connectivity index (χ2n) is 5.52. The summed E-state index contributed by atoms with van der Waals surface area (Å²) in [5, 5.41) is 24.1. The quantitative estimate of drug-likeness (QED) is 0.451. The number of nitrogens with one attached hydrogen (secondary N) is 1. The van der Waals surface area contributed by atoms with Crippen molar-refractivity contribution < 1.29 is 0 Å². The lowest BCUT2D eigenvalue weighted by atomic mass is 10.4. The molecule has 11 nitrogen and oxygen atoms in total. The largest absolute Gasteiger partial charge is 0.293 e. The van der Waals surface area contributed by atoms with E-state index in [1.54, 1.807) is 29.9 Å². The summed E-state index contributed by atoms with van der Waals surface area (Å²) in [6.45, 7) is 12.9. The lowest BCUT2D eigenvalue weighted by Crippen LogP contribution is -2.01. The Morgan fingerprint density at radius 2 is 1.88 bits per heavy atom. The molecule has 0 fully saturated rings. The molecule has 0 saturated heterocycles. The van der Waals surface area contributed by atoms with Gasteiger partial charge in [-0.25, -0.2) is 19.3 Å². The maximum absolute atomic E-state index is 7.43. The Labute approximate surface area is 147 Å². The van der Waals surface area contributed by atoms with Gasteiger partial charge in [0.25, 0.3) is 11.6 Å². The molecule has 4 aromatic heterocycles. The van der Waals surface area contributed by atoms with Crippen LogP contribution in [0.4, 0.5) is 17.2 Å². The maximum Gasteiger partial charge on any atom is 0.255 e. The zero-order chi connectivity index (χ0) is 18.3. The maximum atomic E-state index is 7.43. The monoisotopic (exact) mass is 347 g/mol. The van der Waals surface area contributed by atoms with E-state index in [9.17, 15) is 0 Å². The molecule has 0 spiro atoms. The van der Waals surface area contributed by atoms with Gasteiger partial charge >= 0.3 is 0 Å². The van der Waals surface area contributed by atoms with Gasteiger partial charge in [-0.3, -0.25) is 5.10 Å². The van der Waals surface area contributed by atoms with Gasteiger partial charge in [0.05, 0.1) is 18.0 Å². The average molecular weight is 347 g/mol. The second kappa shape index (κ2) is 5.85. The van der Waals surface area contributed by atoms with Crippen molar-refractivity contribution in [2.45, 2.75) is 20.8 Å². The first-order valence-electron chi connectivity index (χ1n) is 7.66. The van der Waals surface area contributed by atoms with E-state index >= 15 is 0 Å². The zero-order valence-corrected chi connectivity index (χ0v) is 14.2. The second-order valence-corrected chi connectivity index (χ2v) is 5.52. The van der Waals surface area contributed by atoms with Crippen LogP contribution in [0.5, 0.6) is 0 Å². The predicted molar refractivity (Wildman–Crippen MR) is 91.1 cm³/mol. The van der Waals surface area contributed by atoms with Crippen molar-refractivity contribution in [1.82, 2.24) is 39.6 Å². The Morgan fingerprint density at radius 3 is 2.62 bits per heavy atom. The van der Waals surface area contributed by atoms with E-state index in [0.29, 0.717) is 34.5 Å². The van der Waals surface area contributed by atoms with E-state index in [0.717, 1.165) is 5.69 Å². The minimum absolute atomic E-state index is 0.263. The molecule has 0 saturated carbocycles. The SMILES string of the molecule is [C-]#[N+]c1c(C)nn(-c2ncccn2)c1N=Nc1c(C)[nH]n2c(C)nnc12. The first-order chi connectivity index (χ1) is 12.6. The topological polar surface area (TPSA) is 119 Å². The molecule has 0 bridgehead atoms. The van der Waals surface area contributed by atoms with E-state index < -0.39 is 0 Å². The summed E-state index contributed by atoms with van der Waals surface area (Å²) in [4.78, 5) is 11.9. The molecule has 4 heterocycles. The van der Waals surface area contributed by atoms with Gasteiger partial charge in [-0.2, -0.15) is 9.78 Å². The van der Waals surface area contributed by atoms with Crippen LogP contribution in [-0.2, 0) is 0 Å². The number of hydrogen-bond acceptors (Lipinski definition) is 7. The lowest BCUT2D eigenvalue weighted by molar-refractivity contribution is 0.793. The van der Waals surface area contributed by atoms with Crippen molar-refractivity contribution >= 4 is 22.8 Å². The minimum atomic E-state index is 0.263. The van der Waals surface area contributed by atoms with Crippen LogP contribution in [0.25, 0.3) is 16.4 Å². The number of H-pyrrole nitrogens is 1. The smallest absolute Gasteiger partial charge is 0.255 e. The molecule has 0 radical (unpaired) electrons. The highest BCUT2D eigenvalue weighted by molar-refractivity contribution is 5.69. The number of fused-ring (bicyclic) bond motifs is 1. The van der Waals surface area contributed by atoms with Gasteiger partial charge in [-0.1, -0.05) is 0 Å². The average Bonchev–Trinajstić information content (AvgIpc) is 3.27. The van der Waals surface area contributed by atoms with Crippen LogP contribution >= 0.6 is 0 Å². The van der Waals surface area contributed by atoms with Crippen LogP contribution < -0.4 is 0 Å². The van der Waals surface area contributed by atoms with Crippen molar-refractivity contribution in [3.05, 3.63) is 47.1 Å². The molecule has 1 N–H and O–H groups in total. The molecule has 0 aliphatic rings. The Bertz CT molecular complexity index is 1170. The fraction of sp³-hybridized carbons (Fsp3) is 0.200. The first-order valence-corrected chi connectivity index (χ1v) is 7.66. The molecule has 0 atom stereocenters. The third-order valence-electron chi connectivity index (χ3n) is 3.77. The molecule has 0 amide bonds. The van der Waals surface area contributed by atoms with Gasteiger partial charge in [-0.15, -0.1) is 20.4 Å². The summed E-state index contributed by atoms with van der Waals surface area (Å²) in [6, 6.07) is 1.70. The summed E-state index contributed by atoms with van der Waals surface area (Å²) >= 11 is 0. The molecule has 11 heteroatoms. The molecule has 0 unspecified atom stereocenters. The summed E-state index contributed by atoms with van der Waals surface area (Å²) < 4.78 is 3.13. The van der Waals surface area contributed by atoms with Gasteiger partial charge in [-0.05, 0) is 26.8 Å². The van der Waals surface area contributed by atoms with Crippen molar-refractivity contribution in [3.8, 4) is 5.95 Å². The zero-order valence-electron chi connectivity index (χ0n) is 14.2. The van der Waals surface area contributed by atoms with Gasteiger partial charge in [0.1, 0.15) is 5.82 Å². The normalized spacial score (nSPS) is 11.5. The van der Waals surface area contributed by atoms with Crippen molar-refractivity contribution in [1.29, 1.82) is 0 Å². The minimum Gasteiger partial charge on any atom is -0.293 e. The number of azo groups is 1. The highest BCUT2D eigenvalue weighted by Crippen LogP contribution is 2.35. The fourth-order valence-corrected chi connectivity index (χ4v) is 2.52. The molecule has 128 valence electrons. The van der Waals surface area contributed by atoms with E-state index in [2.05, 4.69) is 45.4 Å². The van der Waals surface area contributed by atoms with Crippen LogP contribution in [0, 0.1) is 27.3 Å². The summed E-state index contributed by atoms with van der Waals surface area (Å²) in [7, 11) is 0. The molecular weight excluding hydrogens is 334 g/mol. The number of aromatic amines is 1. The highest BCUT2D eigenvalue weighted by atomic mass is 15.4. The summed E-state index contributed by atoms with van der Waals surface area (Å²) in [6.07, 6.45) is 3.19. The number of aromatic nitrogens is 8. The Balaban J connectivity index is 1.87. The van der Waals surface area contributed by atoms with Crippen molar-refractivity contribution in [3.63, 3.8) is 0 Å². The third-order valence-corrected chi connectivity index (χ3v) is 3.77. The number of nitrogens with zero attached hydrogens (tertiary/aromatic N) is 10. The number of aryl methyl sites for hydroxylation is 3. The van der Waals surface area contributed by atoms with Crippen molar-refractivity contribution in [2.75, 3.05) is 0 Å². The van der Waals surface area contributed by atoms with E-state index in [4.69, 9.17) is 6.57 Å². The number of rotatable bonds is 3. The van der Waals surface area contributed by atoms with Crippen LogP contribution in [0.1, 0.15) is 17.2 Å². The Hall–Kier alpha value is -3.94. The fourth-order valence-electron chi connectivity index (χ4n) is 2.52. The standard InChI is InChI=1S/C15H13N11/c1-8-11(16-4)13(26(24-8)15-17-6-5-7-18-15)22-20-12-9(2)23-25-10(3)19-21-14(12)25/h5-7,23H,1-3H3. The molecular formula is C15H13N11. The van der Waals surface area contributed by atoms with Crippen LogP contribution in [0.15, 0.2) is 28.7 Å². The number of hydrogen-bond donors (Lipinski definition) is 1. The third kappa shape index (κ3) is 2.32. The molecule has 26 heavy (non-hydrogen) atoms. The molecule has 0 aliphatic carbocycles. The Kier molecular flexibility index (Phi) is 3.51. The van der Waals surface area contributed by atoms with E-state index in [-0.39, 0.29) is 5.82 Å². The molecule has 0 aliphatic heterocycles. The Morgan fingerprint density at radius 1 is 1.12 bits per heavy atom. The van der Waals surface area contributed by atoms with Gasteiger partial charge in [0.2, 0.25) is 5.65 Å². The van der Waals surface area contributed by atoms with Crippen LogP contribution in [-0.4, -0.2) is 39.6 Å². The van der Waals surface area contributed by atoms with Gasteiger partial charge in [0.15, 0.2) is 11.5 Å². The lowest BCUT2D eigenvalue weighted by Gasteiger charge is -2.00. The highest BCUT2D eigenvalue weighted by Gasteiger charge is 2.19. The van der Waals surface area contributed by atoms with Crippen LogP contribution in [0.3, 0.4) is 0 Å². The van der Waals surface area contributed by atoms with E-state index in [1.165, 1.54) is 4.68 Å². The van der Waals surface area contributed by atoms with Gasteiger partial charge in [0, 0.05) is 12.4 Å².